The Kier molecular flexibility index (Phi) is 6.62. The van der Waals surface area contributed by atoms with Gasteiger partial charge >= 0.3 is 11.9 Å². The van der Waals surface area contributed by atoms with Gasteiger partial charge in [-0.25, -0.2) is 24.5 Å². The van der Waals surface area contributed by atoms with E-state index in [9.17, 15) is 9.59 Å². The fourth-order valence-corrected chi connectivity index (χ4v) is 4.05. The van der Waals surface area contributed by atoms with E-state index in [0.717, 1.165) is 0 Å². The van der Waals surface area contributed by atoms with Gasteiger partial charge in [-0.3, -0.25) is 4.57 Å². The van der Waals surface area contributed by atoms with Gasteiger partial charge in [0.1, 0.15) is 17.9 Å². The number of anilines is 1. The molecule has 2 aromatic heterocycles. The normalized spacial score (nSPS) is 20.8. The van der Waals surface area contributed by atoms with E-state index >= 15 is 0 Å². The minimum absolute atomic E-state index is 0.150. The Balaban J connectivity index is 1.55. The third kappa shape index (κ3) is 4.76. The van der Waals surface area contributed by atoms with Crippen LogP contribution in [-0.2, 0) is 14.2 Å². The van der Waals surface area contributed by atoms with Gasteiger partial charge in [0.15, 0.2) is 29.9 Å². The highest BCUT2D eigenvalue weighted by molar-refractivity contribution is 5.90. The zero-order chi connectivity index (χ0) is 25.8. The molecule has 1 saturated heterocycles. The number of nitrogens with zero attached hydrogens (tertiary/aromatic N) is 7. The van der Waals surface area contributed by atoms with E-state index in [1.165, 1.54) is 17.2 Å². The second-order valence-corrected chi connectivity index (χ2v) is 8.03. The number of rotatable bonds is 7. The standard InChI is InChI=1S/C24H20N8O5/c25-20-17-21(28-12-27-20)32(13-29-17)22-19(37-24(34)15-9-5-2-6-10-15)18(16(35-22)11-30-31-26)36-23(33)14-7-3-1-4-8-14/h1-10,12-13,16,18-19,22H,11H2,(H2,25,27,28)/t16-,18-,19-,22-/m1/s1. The van der Waals surface area contributed by atoms with Gasteiger partial charge in [-0.2, -0.15) is 0 Å². The van der Waals surface area contributed by atoms with Crippen LogP contribution in [0.2, 0.25) is 0 Å². The Morgan fingerprint density at radius 2 is 1.59 bits per heavy atom. The lowest BCUT2D eigenvalue weighted by molar-refractivity contribution is -0.0481. The summed E-state index contributed by atoms with van der Waals surface area (Å²) in [7, 11) is 0. The van der Waals surface area contributed by atoms with Crippen molar-refractivity contribution in [2.75, 3.05) is 12.3 Å². The molecule has 4 aromatic rings. The minimum atomic E-state index is -1.16. The largest absolute Gasteiger partial charge is 0.452 e. The lowest BCUT2D eigenvalue weighted by Crippen LogP contribution is -2.40. The van der Waals surface area contributed by atoms with E-state index in [-0.39, 0.29) is 23.5 Å². The lowest BCUT2D eigenvalue weighted by atomic mass is 10.1. The van der Waals surface area contributed by atoms with Gasteiger partial charge in [-0.05, 0) is 29.8 Å². The molecule has 3 heterocycles. The molecular formula is C24H20N8O5. The Hall–Kier alpha value is -5.00. The first-order valence-electron chi connectivity index (χ1n) is 11.2. The molecule has 0 saturated carbocycles. The summed E-state index contributed by atoms with van der Waals surface area (Å²) in [5.74, 6) is -1.18. The molecule has 5 rings (SSSR count). The average molecular weight is 500 g/mol. The van der Waals surface area contributed by atoms with Crippen LogP contribution in [-0.4, -0.2) is 56.3 Å². The van der Waals surface area contributed by atoms with Crippen molar-refractivity contribution in [3.63, 3.8) is 0 Å². The topological polar surface area (TPSA) is 180 Å². The first-order valence-corrected chi connectivity index (χ1v) is 11.2. The molecule has 13 heteroatoms. The molecule has 13 nitrogen and oxygen atoms in total. The second kappa shape index (κ2) is 10.3. The number of fused-ring (bicyclic) bond motifs is 1. The van der Waals surface area contributed by atoms with Crippen LogP contribution in [0.3, 0.4) is 0 Å². The van der Waals surface area contributed by atoms with Gasteiger partial charge in [0.25, 0.3) is 0 Å². The molecule has 4 atom stereocenters. The summed E-state index contributed by atoms with van der Waals surface area (Å²) in [4.78, 5) is 41.3. The average Bonchev–Trinajstić information content (AvgIpc) is 3.50. The maximum Gasteiger partial charge on any atom is 0.338 e. The molecule has 37 heavy (non-hydrogen) atoms. The number of benzene rings is 2. The van der Waals surface area contributed by atoms with Crippen molar-refractivity contribution < 1.29 is 23.8 Å². The molecule has 1 aliphatic rings. The predicted molar refractivity (Wildman–Crippen MR) is 129 cm³/mol. The van der Waals surface area contributed by atoms with Crippen LogP contribution < -0.4 is 5.73 Å². The molecule has 2 aromatic carbocycles. The zero-order valence-electron chi connectivity index (χ0n) is 19.2. The number of hydrogen-bond acceptors (Lipinski definition) is 10. The van der Waals surface area contributed by atoms with Gasteiger partial charge in [0.05, 0.1) is 24.0 Å². The van der Waals surface area contributed by atoms with Gasteiger partial charge in [-0.15, -0.1) is 0 Å². The molecule has 0 unspecified atom stereocenters. The van der Waals surface area contributed by atoms with Crippen molar-refractivity contribution in [3.8, 4) is 0 Å². The van der Waals surface area contributed by atoms with Gasteiger partial charge in [0.2, 0.25) is 0 Å². The van der Waals surface area contributed by atoms with Crippen LogP contribution in [0.5, 0.6) is 0 Å². The van der Waals surface area contributed by atoms with Crippen LogP contribution in [0.4, 0.5) is 5.82 Å². The van der Waals surface area contributed by atoms with Crippen molar-refractivity contribution in [1.29, 1.82) is 0 Å². The molecule has 186 valence electrons. The number of nitrogens with two attached hydrogens (primary N) is 1. The second-order valence-electron chi connectivity index (χ2n) is 8.03. The smallest absolute Gasteiger partial charge is 0.338 e. The van der Waals surface area contributed by atoms with Crippen molar-refractivity contribution in [3.05, 3.63) is 94.9 Å². The Bertz CT molecular complexity index is 1470. The first kappa shape index (κ1) is 23.7. The minimum Gasteiger partial charge on any atom is -0.452 e. The van der Waals surface area contributed by atoms with Crippen molar-refractivity contribution in [1.82, 2.24) is 19.5 Å². The first-order chi connectivity index (χ1) is 18.1. The third-order valence-corrected chi connectivity index (χ3v) is 5.78. The molecule has 1 aliphatic heterocycles. The molecule has 0 spiro atoms. The Morgan fingerprint density at radius 3 is 2.22 bits per heavy atom. The zero-order valence-corrected chi connectivity index (χ0v) is 19.2. The fraction of sp³-hybridized carbons (Fsp3) is 0.208. The van der Waals surface area contributed by atoms with E-state index < -0.39 is 36.5 Å². The fourth-order valence-electron chi connectivity index (χ4n) is 4.05. The highest BCUT2D eigenvalue weighted by atomic mass is 16.6. The van der Waals surface area contributed by atoms with Crippen molar-refractivity contribution in [2.24, 2.45) is 5.11 Å². The number of ether oxygens (including phenoxy) is 3. The van der Waals surface area contributed by atoms with Crippen LogP contribution in [0.25, 0.3) is 21.6 Å². The third-order valence-electron chi connectivity index (χ3n) is 5.78. The number of hydrogen-bond donors (Lipinski definition) is 1. The summed E-state index contributed by atoms with van der Waals surface area (Å²) >= 11 is 0. The Labute approximate surface area is 209 Å². The van der Waals surface area contributed by atoms with Crippen molar-refractivity contribution >= 4 is 28.9 Å². The number of azide groups is 1. The Morgan fingerprint density at radius 1 is 0.973 bits per heavy atom. The number of carbonyl (C=O) groups excluding carboxylic acids is 2. The summed E-state index contributed by atoms with van der Waals surface area (Å²) in [5.41, 5.74) is 16.1. The highest BCUT2D eigenvalue weighted by Crippen LogP contribution is 2.37. The van der Waals surface area contributed by atoms with E-state index in [0.29, 0.717) is 11.2 Å². The molecule has 1 fully saturated rings. The molecular weight excluding hydrogens is 480 g/mol. The number of esters is 2. The van der Waals surface area contributed by atoms with Gasteiger partial charge in [0, 0.05) is 4.91 Å². The van der Waals surface area contributed by atoms with Crippen LogP contribution in [0.15, 0.2) is 78.4 Å². The summed E-state index contributed by atoms with van der Waals surface area (Å²) in [6, 6.07) is 16.7. The van der Waals surface area contributed by atoms with Crippen molar-refractivity contribution in [2.45, 2.75) is 24.5 Å². The molecule has 0 bridgehead atoms. The summed E-state index contributed by atoms with van der Waals surface area (Å²) in [6.07, 6.45) is -1.60. The quantitative estimate of drug-likeness (QED) is 0.173. The predicted octanol–water partition coefficient (Wildman–Crippen LogP) is 3.07. The van der Waals surface area contributed by atoms with Gasteiger partial charge < -0.3 is 19.9 Å². The summed E-state index contributed by atoms with van der Waals surface area (Å²) < 4.78 is 19.3. The summed E-state index contributed by atoms with van der Waals surface area (Å²) in [6.45, 7) is -0.192. The highest BCUT2D eigenvalue weighted by Gasteiger charge is 2.51. The SMILES string of the molecule is [N-]=[N+]=NC[C@H]1O[C@@H](n2cnc3c(N)ncnc32)[C@H](OC(=O)c2ccccc2)[C@@H]1OC(=O)c1ccccc1. The molecule has 0 radical (unpaired) electrons. The van der Waals surface area contributed by atoms with E-state index in [4.69, 9.17) is 25.5 Å². The number of aromatic nitrogens is 4. The molecule has 0 amide bonds. The number of imidazole rings is 1. The van der Waals surface area contributed by atoms with E-state index in [2.05, 4.69) is 25.0 Å². The monoisotopic (exact) mass is 500 g/mol. The lowest BCUT2D eigenvalue weighted by Gasteiger charge is -2.24. The summed E-state index contributed by atoms with van der Waals surface area (Å²) in [5, 5.41) is 3.60. The van der Waals surface area contributed by atoms with E-state index in [1.54, 1.807) is 60.7 Å². The molecule has 0 aliphatic carbocycles. The van der Waals surface area contributed by atoms with E-state index in [1.807, 2.05) is 0 Å². The van der Waals surface area contributed by atoms with Crippen LogP contribution >= 0.6 is 0 Å². The van der Waals surface area contributed by atoms with Crippen LogP contribution in [0.1, 0.15) is 26.9 Å². The maximum atomic E-state index is 13.1. The maximum absolute atomic E-state index is 13.1. The number of carbonyl (C=O) groups is 2. The van der Waals surface area contributed by atoms with Crippen LogP contribution in [0, 0.1) is 0 Å². The number of nitrogen functional groups attached to an aromatic ring is 1. The molecule has 2 N–H and O–H groups in total. The van der Waals surface area contributed by atoms with Gasteiger partial charge in [-0.1, -0.05) is 41.5 Å².